The first-order valence-electron chi connectivity index (χ1n) is 6.13. The van der Waals surface area contributed by atoms with E-state index >= 15 is 0 Å². The third kappa shape index (κ3) is 4.63. The molecule has 1 aliphatic rings. The van der Waals surface area contributed by atoms with Gasteiger partial charge in [0.15, 0.2) is 0 Å². The second-order valence-electron chi connectivity index (χ2n) is 5.53. The molecule has 20 heavy (non-hydrogen) atoms. The number of rotatable bonds is 2. The van der Waals surface area contributed by atoms with Crippen LogP contribution in [0.25, 0.3) is 0 Å². The third-order valence-electron chi connectivity index (χ3n) is 2.70. The molecule has 0 radical (unpaired) electrons. The summed E-state index contributed by atoms with van der Waals surface area (Å²) in [7, 11) is -4.38. The molecule has 0 spiro atoms. The van der Waals surface area contributed by atoms with E-state index in [1.165, 1.54) is 4.90 Å². The molecular weight excluding hydrogens is 286 g/mol. The molecular formula is C11H19N3O5S. The normalized spacial score (nSPS) is 21.4. The average molecular weight is 305 g/mol. The number of carbonyl (C=O) groups is 1. The number of piperazine rings is 1. The Balaban J connectivity index is 2.79. The minimum Gasteiger partial charge on any atom is -0.444 e. The Bertz CT molecular complexity index is 505. The van der Waals surface area contributed by atoms with Gasteiger partial charge in [-0.2, -0.15) is 18.0 Å². The Morgan fingerprint density at radius 1 is 1.45 bits per heavy atom. The van der Waals surface area contributed by atoms with E-state index in [4.69, 9.17) is 14.6 Å². The van der Waals surface area contributed by atoms with E-state index in [-0.39, 0.29) is 26.1 Å². The van der Waals surface area contributed by atoms with Gasteiger partial charge >= 0.3 is 16.4 Å². The van der Waals surface area contributed by atoms with Crippen LogP contribution in [-0.2, 0) is 15.0 Å². The SMILES string of the molecule is CC(C)(C)OC(=O)N1CCN(S(=O)(=O)O)C(CC#N)C1. The average Bonchev–Trinajstić information content (AvgIpc) is 2.25. The number of nitriles is 1. The molecule has 0 aliphatic carbocycles. The fourth-order valence-electron chi connectivity index (χ4n) is 1.91. The van der Waals surface area contributed by atoms with E-state index in [2.05, 4.69) is 0 Å². The Hall–Kier alpha value is -1.37. The standard InChI is InChI=1S/C11H19N3O5S/c1-11(2,3)19-10(15)13-6-7-14(20(16,17)18)9(8-13)4-5-12/h9H,4,6-8H2,1-3H3,(H,16,17,18). The van der Waals surface area contributed by atoms with E-state index in [0.29, 0.717) is 0 Å². The highest BCUT2D eigenvalue weighted by molar-refractivity contribution is 7.83. The van der Waals surface area contributed by atoms with Crippen LogP contribution in [0.3, 0.4) is 0 Å². The molecule has 1 heterocycles. The Kier molecular flexibility index (Phi) is 4.96. The molecule has 1 unspecified atom stereocenters. The van der Waals surface area contributed by atoms with Gasteiger partial charge in [-0.25, -0.2) is 4.79 Å². The second-order valence-corrected chi connectivity index (χ2v) is 6.90. The number of amides is 1. The number of hydrogen-bond donors (Lipinski definition) is 1. The molecule has 1 atom stereocenters. The topological polar surface area (TPSA) is 111 Å². The fourth-order valence-corrected chi connectivity index (χ4v) is 2.74. The van der Waals surface area contributed by atoms with Crippen LogP contribution < -0.4 is 0 Å². The van der Waals surface area contributed by atoms with Gasteiger partial charge in [-0.1, -0.05) is 0 Å². The summed E-state index contributed by atoms with van der Waals surface area (Å²) in [6.07, 6.45) is -0.672. The van der Waals surface area contributed by atoms with Crippen LogP contribution in [0.4, 0.5) is 4.79 Å². The maximum absolute atomic E-state index is 11.9. The number of nitrogens with zero attached hydrogens (tertiary/aromatic N) is 3. The first kappa shape index (κ1) is 16.7. The molecule has 0 aromatic heterocycles. The molecule has 8 nitrogen and oxygen atoms in total. The highest BCUT2D eigenvalue weighted by atomic mass is 32.2. The number of hydrogen-bond acceptors (Lipinski definition) is 5. The Morgan fingerprint density at radius 3 is 2.50 bits per heavy atom. The van der Waals surface area contributed by atoms with Crippen molar-refractivity contribution in [3.63, 3.8) is 0 Å². The van der Waals surface area contributed by atoms with Crippen LogP contribution in [0.15, 0.2) is 0 Å². The van der Waals surface area contributed by atoms with Gasteiger partial charge in [0.2, 0.25) is 0 Å². The van der Waals surface area contributed by atoms with Crippen LogP contribution in [0.1, 0.15) is 27.2 Å². The molecule has 1 amide bonds. The Labute approximate surface area is 118 Å². The van der Waals surface area contributed by atoms with Gasteiger partial charge in [-0.3, -0.25) is 4.55 Å². The monoisotopic (exact) mass is 305 g/mol. The zero-order valence-electron chi connectivity index (χ0n) is 11.7. The Morgan fingerprint density at radius 2 is 2.05 bits per heavy atom. The first-order chi connectivity index (χ1) is 9.04. The van der Waals surface area contributed by atoms with E-state index in [1.54, 1.807) is 20.8 Å². The molecule has 0 saturated carbocycles. The predicted molar refractivity (Wildman–Crippen MR) is 70.1 cm³/mol. The van der Waals surface area contributed by atoms with Crippen molar-refractivity contribution < 1.29 is 22.5 Å². The molecule has 1 saturated heterocycles. The molecule has 1 rings (SSSR count). The summed E-state index contributed by atoms with van der Waals surface area (Å²) in [5.74, 6) is 0. The lowest BCUT2D eigenvalue weighted by Crippen LogP contribution is -2.56. The quantitative estimate of drug-likeness (QED) is 0.749. The van der Waals surface area contributed by atoms with Crippen LogP contribution in [0.2, 0.25) is 0 Å². The molecule has 0 aromatic rings. The van der Waals surface area contributed by atoms with Crippen LogP contribution in [0, 0.1) is 11.3 Å². The maximum atomic E-state index is 11.9. The predicted octanol–water partition coefficient (Wildman–Crippen LogP) is 0.624. The van der Waals surface area contributed by atoms with Crippen molar-refractivity contribution in [1.82, 2.24) is 9.21 Å². The van der Waals surface area contributed by atoms with Crippen molar-refractivity contribution in [1.29, 1.82) is 5.26 Å². The lowest BCUT2D eigenvalue weighted by Gasteiger charge is -2.38. The van der Waals surface area contributed by atoms with Crippen LogP contribution in [-0.4, -0.2) is 59.5 Å². The van der Waals surface area contributed by atoms with Crippen molar-refractivity contribution in [3.05, 3.63) is 0 Å². The molecule has 114 valence electrons. The smallest absolute Gasteiger partial charge is 0.410 e. The van der Waals surface area contributed by atoms with Crippen molar-refractivity contribution in [3.8, 4) is 6.07 Å². The zero-order chi connectivity index (χ0) is 15.6. The fraction of sp³-hybridized carbons (Fsp3) is 0.818. The second kappa shape index (κ2) is 5.95. The van der Waals surface area contributed by atoms with E-state index < -0.39 is 28.0 Å². The molecule has 9 heteroatoms. The van der Waals surface area contributed by atoms with Gasteiger partial charge in [0.05, 0.1) is 18.5 Å². The van der Waals surface area contributed by atoms with Gasteiger partial charge in [-0.05, 0) is 20.8 Å². The summed E-state index contributed by atoms with van der Waals surface area (Å²) in [4.78, 5) is 13.3. The zero-order valence-corrected chi connectivity index (χ0v) is 12.6. The largest absolute Gasteiger partial charge is 0.444 e. The highest BCUT2D eigenvalue weighted by Gasteiger charge is 2.37. The van der Waals surface area contributed by atoms with Crippen molar-refractivity contribution >= 4 is 16.4 Å². The summed E-state index contributed by atoms with van der Waals surface area (Å²) in [5.41, 5.74) is -0.651. The van der Waals surface area contributed by atoms with E-state index in [1.807, 2.05) is 6.07 Å². The summed E-state index contributed by atoms with van der Waals surface area (Å²) in [5, 5.41) is 8.73. The van der Waals surface area contributed by atoms with Crippen molar-refractivity contribution in [2.24, 2.45) is 0 Å². The lowest BCUT2D eigenvalue weighted by atomic mass is 10.1. The molecule has 1 N–H and O–H groups in total. The first-order valence-corrected chi connectivity index (χ1v) is 7.53. The van der Waals surface area contributed by atoms with Gasteiger partial charge in [0, 0.05) is 19.6 Å². The minimum absolute atomic E-state index is 0.0161. The minimum atomic E-state index is -4.38. The number of ether oxygens (including phenoxy) is 1. The van der Waals surface area contributed by atoms with Gasteiger partial charge in [0.25, 0.3) is 0 Å². The van der Waals surface area contributed by atoms with E-state index in [9.17, 15) is 13.2 Å². The van der Waals surface area contributed by atoms with Crippen LogP contribution >= 0.6 is 0 Å². The van der Waals surface area contributed by atoms with Gasteiger partial charge in [-0.15, -0.1) is 0 Å². The summed E-state index contributed by atoms with van der Waals surface area (Å²) in [6, 6.07) is 1.08. The van der Waals surface area contributed by atoms with Gasteiger partial charge in [0.1, 0.15) is 5.60 Å². The third-order valence-corrected chi connectivity index (χ3v) is 3.78. The maximum Gasteiger partial charge on any atom is 0.410 e. The van der Waals surface area contributed by atoms with E-state index in [0.717, 1.165) is 4.31 Å². The van der Waals surface area contributed by atoms with Crippen molar-refractivity contribution in [2.75, 3.05) is 19.6 Å². The molecule has 1 fully saturated rings. The highest BCUT2D eigenvalue weighted by Crippen LogP contribution is 2.18. The lowest BCUT2D eigenvalue weighted by molar-refractivity contribution is 0.0127. The van der Waals surface area contributed by atoms with Gasteiger partial charge < -0.3 is 9.64 Å². The van der Waals surface area contributed by atoms with Crippen molar-refractivity contribution in [2.45, 2.75) is 38.8 Å². The number of carbonyl (C=O) groups excluding carboxylic acids is 1. The summed E-state index contributed by atoms with van der Waals surface area (Å²) < 4.78 is 37.6. The molecule has 0 aromatic carbocycles. The molecule has 0 bridgehead atoms. The molecule has 1 aliphatic heterocycles. The summed E-state index contributed by atoms with van der Waals surface area (Å²) in [6.45, 7) is 5.24. The van der Waals surface area contributed by atoms with Crippen LogP contribution in [0.5, 0.6) is 0 Å². The summed E-state index contributed by atoms with van der Waals surface area (Å²) >= 11 is 0.